The van der Waals surface area contributed by atoms with Crippen molar-refractivity contribution in [3.8, 4) is 0 Å². The Bertz CT molecular complexity index is 679. The van der Waals surface area contributed by atoms with Gasteiger partial charge in [0.05, 0.1) is 5.41 Å². The lowest BCUT2D eigenvalue weighted by Crippen LogP contribution is -2.52. The molecule has 1 fully saturated rings. The summed E-state index contributed by atoms with van der Waals surface area (Å²) in [6, 6.07) is 8.04. The molecular weight excluding hydrogens is 276 g/mol. The number of Topliss-reactive ketones (excluding diaryl/α,β-unsaturated/α-hetero) is 1. The van der Waals surface area contributed by atoms with E-state index in [0.717, 1.165) is 29.7 Å². The van der Waals surface area contributed by atoms with Crippen LogP contribution in [0.25, 0.3) is 6.08 Å². The first-order chi connectivity index (χ1) is 10.4. The number of benzene rings is 1. The highest BCUT2D eigenvalue weighted by Crippen LogP contribution is 2.48. The van der Waals surface area contributed by atoms with Crippen molar-refractivity contribution in [1.29, 1.82) is 0 Å². The van der Waals surface area contributed by atoms with Gasteiger partial charge in [-0.25, -0.2) is 0 Å². The molecule has 3 rings (SSSR count). The zero-order valence-corrected chi connectivity index (χ0v) is 13.1. The molecule has 0 aromatic heterocycles. The van der Waals surface area contributed by atoms with Crippen LogP contribution in [-0.4, -0.2) is 18.2 Å². The first-order valence-electron chi connectivity index (χ1n) is 7.77. The average Bonchev–Trinajstić information content (AvgIpc) is 2.52. The van der Waals surface area contributed by atoms with Crippen molar-refractivity contribution in [3.63, 3.8) is 0 Å². The highest BCUT2D eigenvalue weighted by molar-refractivity contribution is 6.09. The van der Waals surface area contributed by atoms with Crippen molar-refractivity contribution < 1.29 is 9.59 Å². The monoisotopic (exact) mass is 298 g/mol. The minimum Gasteiger partial charge on any atom is -0.381 e. The number of nitrogens with one attached hydrogen (secondary N) is 1. The van der Waals surface area contributed by atoms with Crippen LogP contribution in [-0.2, 0) is 9.59 Å². The van der Waals surface area contributed by atoms with E-state index >= 15 is 0 Å². The highest BCUT2D eigenvalue weighted by Gasteiger charge is 2.52. The summed E-state index contributed by atoms with van der Waals surface area (Å²) in [5.41, 5.74) is 7.06. The lowest BCUT2D eigenvalue weighted by molar-refractivity contribution is -0.147. The number of anilines is 1. The molecule has 4 nitrogen and oxygen atoms in total. The number of para-hydroxylation sites is 1. The summed E-state index contributed by atoms with van der Waals surface area (Å²) in [5.74, 6) is -0.542. The van der Waals surface area contributed by atoms with Crippen LogP contribution in [0.4, 0.5) is 5.69 Å². The SMILES string of the molecule is CC1(C(N)=O)CCCC(C)(C2=Cc3ccccc3NC2)C1=O. The number of hydrogen-bond acceptors (Lipinski definition) is 3. The summed E-state index contributed by atoms with van der Waals surface area (Å²) in [5, 5.41) is 3.38. The van der Waals surface area contributed by atoms with E-state index in [1.54, 1.807) is 6.92 Å². The van der Waals surface area contributed by atoms with Gasteiger partial charge in [0.2, 0.25) is 5.91 Å². The minimum absolute atomic E-state index is 0.0359. The topological polar surface area (TPSA) is 72.2 Å². The molecule has 1 heterocycles. The molecule has 0 bridgehead atoms. The van der Waals surface area contributed by atoms with Crippen molar-refractivity contribution in [2.45, 2.75) is 33.1 Å². The van der Waals surface area contributed by atoms with Gasteiger partial charge in [0.1, 0.15) is 5.41 Å². The van der Waals surface area contributed by atoms with Gasteiger partial charge < -0.3 is 11.1 Å². The van der Waals surface area contributed by atoms with E-state index in [1.807, 2.05) is 31.2 Å². The molecule has 1 aromatic rings. The zero-order valence-electron chi connectivity index (χ0n) is 13.1. The number of carbonyl (C=O) groups excluding carboxylic acids is 2. The molecule has 22 heavy (non-hydrogen) atoms. The predicted molar refractivity (Wildman–Crippen MR) is 87.2 cm³/mol. The van der Waals surface area contributed by atoms with Crippen LogP contribution in [0.15, 0.2) is 29.8 Å². The lowest BCUT2D eigenvalue weighted by Gasteiger charge is -2.43. The summed E-state index contributed by atoms with van der Waals surface area (Å²) in [7, 11) is 0. The zero-order chi connectivity index (χ0) is 16.0. The van der Waals surface area contributed by atoms with E-state index in [2.05, 4.69) is 11.4 Å². The second-order valence-electron chi connectivity index (χ2n) is 6.82. The van der Waals surface area contributed by atoms with Crippen LogP contribution in [0, 0.1) is 10.8 Å². The molecular formula is C18H22N2O2. The molecule has 1 aromatic carbocycles. The normalized spacial score (nSPS) is 31.0. The van der Waals surface area contributed by atoms with E-state index in [-0.39, 0.29) is 5.78 Å². The molecule has 2 unspecified atom stereocenters. The van der Waals surface area contributed by atoms with Crippen molar-refractivity contribution in [3.05, 3.63) is 35.4 Å². The number of rotatable bonds is 2. The maximum Gasteiger partial charge on any atom is 0.230 e. The average molecular weight is 298 g/mol. The van der Waals surface area contributed by atoms with E-state index in [1.165, 1.54) is 0 Å². The second kappa shape index (κ2) is 4.97. The van der Waals surface area contributed by atoms with Crippen molar-refractivity contribution in [2.75, 3.05) is 11.9 Å². The number of fused-ring (bicyclic) bond motifs is 1. The van der Waals surface area contributed by atoms with Gasteiger partial charge in [0, 0.05) is 12.2 Å². The Hall–Kier alpha value is -2.10. The Balaban J connectivity index is 2.02. The van der Waals surface area contributed by atoms with E-state index < -0.39 is 16.7 Å². The van der Waals surface area contributed by atoms with Crippen LogP contribution < -0.4 is 11.1 Å². The Kier molecular flexibility index (Phi) is 3.35. The molecule has 2 aliphatic rings. The van der Waals surface area contributed by atoms with Crippen LogP contribution in [0.3, 0.4) is 0 Å². The first-order valence-corrected chi connectivity index (χ1v) is 7.77. The molecule has 116 valence electrons. The Morgan fingerprint density at radius 3 is 2.68 bits per heavy atom. The summed E-state index contributed by atoms with van der Waals surface area (Å²) < 4.78 is 0. The van der Waals surface area contributed by atoms with Crippen molar-refractivity contribution in [2.24, 2.45) is 16.6 Å². The molecule has 1 amide bonds. The maximum atomic E-state index is 13.1. The number of carbonyl (C=O) groups is 2. The molecule has 1 aliphatic carbocycles. The van der Waals surface area contributed by atoms with Gasteiger partial charge in [0.15, 0.2) is 5.78 Å². The van der Waals surface area contributed by atoms with Crippen LogP contribution in [0.5, 0.6) is 0 Å². The molecule has 0 radical (unpaired) electrons. The molecule has 0 saturated heterocycles. The largest absolute Gasteiger partial charge is 0.381 e. The Morgan fingerprint density at radius 2 is 1.95 bits per heavy atom. The lowest BCUT2D eigenvalue weighted by atomic mass is 9.59. The van der Waals surface area contributed by atoms with Gasteiger partial charge in [-0.05, 0) is 43.9 Å². The number of nitrogens with two attached hydrogens (primary N) is 1. The fraction of sp³-hybridized carbons (Fsp3) is 0.444. The van der Waals surface area contributed by atoms with E-state index in [4.69, 9.17) is 5.73 Å². The standard InChI is InChI=1S/C18H22N2O2/c1-17(8-5-9-18(2,15(17)21)16(19)22)13-10-12-6-3-4-7-14(12)20-11-13/h3-4,6-7,10,20H,5,8-9,11H2,1-2H3,(H2,19,22). The van der Waals surface area contributed by atoms with Crippen LogP contribution in [0.1, 0.15) is 38.7 Å². The Labute approximate surface area is 130 Å². The number of hydrogen-bond donors (Lipinski definition) is 2. The quantitative estimate of drug-likeness (QED) is 0.825. The summed E-state index contributed by atoms with van der Waals surface area (Å²) in [4.78, 5) is 24.9. The van der Waals surface area contributed by atoms with Gasteiger partial charge >= 0.3 is 0 Å². The number of primary amides is 1. The van der Waals surface area contributed by atoms with Gasteiger partial charge in [-0.15, -0.1) is 0 Å². The summed E-state index contributed by atoms with van der Waals surface area (Å²) in [6.07, 6.45) is 4.25. The third-order valence-electron chi connectivity index (χ3n) is 5.37. The number of ketones is 1. The number of amides is 1. The Morgan fingerprint density at radius 1 is 1.23 bits per heavy atom. The van der Waals surface area contributed by atoms with E-state index in [9.17, 15) is 9.59 Å². The second-order valence-corrected chi connectivity index (χ2v) is 6.82. The van der Waals surface area contributed by atoms with Gasteiger partial charge in [-0.3, -0.25) is 9.59 Å². The summed E-state index contributed by atoms with van der Waals surface area (Å²) in [6.45, 7) is 4.28. The highest BCUT2D eigenvalue weighted by atomic mass is 16.2. The van der Waals surface area contributed by atoms with Gasteiger partial charge in [0.25, 0.3) is 0 Å². The molecule has 2 atom stereocenters. The molecule has 4 heteroatoms. The maximum absolute atomic E-state index is 13.1. The first kappa shape index (κ1) is 14.8. The molecule has 3 N–H and O–H groups in total. The fourth-order valence-electron chi connectivity index (χ4n) is 3.74. The molecule has 0 spiro atoms. The smallest absolute Gasteiger partial charge is 0.230 e. The third-order valence-corrected chi connectivity index (χ3v) is 5.37. The molecule has 1 saturated carbocycles. The van der Waals surface area contributed by atoms with Crippen molar-refractivity contribution in [1.82, 2.24) is 0 Å². The summed E-state index contributed by atoms with van der Waals surface area (Å²) >= 11 is 0. The van der Waals surface area contributed by atoms with Gasteiger partial charge in [-0.2, -0.15) is 0 Å². The van der Waals surface area contributed by atoms with E-state index in [0.29, 0.717) is 13.0 Å². The van der Waals surface area contributed by atoms with Gasteiger partial charge in [-0.1, -0.05) is 30.7 Å². The van der Waals surface area contributed by atoms with Crippen LogP contribution >= 0.6 is 0 Å². The van der Waals surface area contributed by atoms with Crippen molar-refractivity contribution >= 4 is 23.5 Å². The molecule has 1 aliphatic heterocycles. The minimum atomic E-state index is -1.05. The third kappa shape index (κ3) is 2.05. The predicted octanol–water partition coefficient (Wildman–Crippen LogP) is 2.75. The fourth-order valence-corrected chi connectivity index (χ4v) is 3.74. The van der Waals surface area contributed by atoms with Crippen LogP contribution in [0.2, 0.25) is 0 Å².